The zero-order valence-corrected chi connectivity index (χ0v) is 9.37. The maximum Gasteiger partial charge on any atom is 0.0312 e. The lowest BCUT2D eigenvalue weighted by atomic mass is 10.2. The first kappa shape index (κ1) is 11.5. The average Bonchev–Trinajstić information content (AvgIpc) is 2.25. The van der Waals surface area contributed by atoms with Crippen molar-refractivity contribution in [2.45, 2.75) is 19.9 Å². The Morgan fingerprint density at radius 1 is 1.50 bits per heavy atom. The molecule has 0 saturated carbocycles. The van der Waals surface area contributed by atoms with E-state index in [2.05, 4.69) is 22.9 Å². The van der Waals surface area contributed by atoms with Crippen LogP contribution < -0.4 is 0 Å². The van der Waals surface area contributed by atoms with E-state index in [0.717, 1.165) is 31.9 Å². The molecule has 2 nitrogen and oxygen atoms in total. The molecule has 1 aromatic rings. The summed E-state index contributed by atoms with van der Waals surface area (Å²) < 4.78 is 0. The molecule has 0 N–H and O–H groups in total. The Hall–Kier alpha value is -0.600. The summed E-state index contributed by atoms with van der Waals surface area (Å²) in [6, 6.07) is 4.08. The highest BCUT2D eigenvalue weighted by atomic mass is 35.5. The van der Waals surface area contributed by atoms with Crippen molar-refractivity contribution >= 4 is 11.6 Å². The van der Waals surface area contributed by atoms with E-state index >= 15 is 0 Å². The van der Waals surface area contributed by atoms with Crippen LogP contribution in [-0.2, 0) is 6.54 Å². The molecule has 0 radical (unpaired) electrons. The molecule has 0 aliphatic rings. The van der Waals surface area contributed by atoms with E-state index < -0.39 is 0 Å². The van der Waals surface area contributed by atoms with Crippen LogP contribution in [0.15, 0.2) is 24.5 Å². The number of aromatic nitrogens is 1. The number of alkyl halides is 1. The number of hydrogen-bond acceptors (Lipinski definition) is 2. The van der Waals surface area contributed by atoms with Gasteiger partial charge >= 0.3 is 0 Å². The van der Waals surface area contributed by atoms with Gasteiger partial charge in [-0.15, -0.1) is 11.6 Å². The monoisotopic (exact) mass is 212 g/mol. The predicted molar refractivity (Wildman–Crippen MR) is 60.5 cm³/mol. The molecule has 0 spiro atoms. The fourth-order valence-corrected chi connectivity index (χ4v) is 1.50. The Bertz CT molecular complexity index is 238. The molecular formula is C11H17ClN2. The largest absolute Gasteiger partial charge is 0.299 e. The number of rotatable bonds is 6. The van der Waals surface area contributed by atoms with Crippen molar-refractivity contribution in [2.75, 3.05) is 19.0 Å². The number of halogens is 1. The summed E-state index contributed by atoms with van der Waals surface area (Å²) in [6.45, 7) is 5.27. The third-order valence-corrected chi connectivity index (χ3v) is 2.45. The van der Waals surface area contributed by atoms with Crippen LogP contribution in [0.3, 0.4) is 0 Å². The lowest BCUT2D eigenvalue weighted by Crippen LogP contribution is -2.24. The minimum Gasteiger partial charge on any atom is -0.299 e. The van der Waals surface area contributed by atoms with Crippen LogP contribution in [0.1, 0.15) is 18.9 Å². The van der Waals surface area contributed by atoms with Crippen molar-refractivity contribution in [3.8, 4) is 0 Å². The molecule has 3 heteroatoms. The highest BCUT2D eigenvalue weighted by Crippen LogP contribution is 2.03. The normalized spacial score (nSPS) is 10.8. The molecule has 0 unspecified atom stereocenters. The highest BCUT2D eigenvalue weighted by molar-refractivity contribution is 6.17. The standard InChI is InChI=1S/C11H17ClN2/c1-2-14(8-4-6-12)10-11-5-3-7-13-9-11/h3,5,7,9H,2,4,6,8,10H2,1H3. The van der Waals surface area contributed by atoms with Gasteiger partial charge < -0.3 is 0 Å². The van der Waals surface area contributed by atoms with Gasteiger partial charge in [0.25, 0.3) is 0 Å². The van der Waals surface area contributed by atoms with Gasteiger partial charge in [0.15, 0.2) is 0 Å². The fourth-order valence-electron chi connectivity index (χ4n) is 1.38. The van der Waals surface area contributed by atoms with Gasteiger partial charge in [-0.3, -0.25) is 9.88 Å². The van der Waals surface area contributed by atoms with E-state index in [9.17, 15) is 0 Å². The summed E-state index contributed by atoms with van der Waals surface area (Å²) in [5.74, 6) is 0.740. The molecule has 0 fully saturated rings. The molecule has 78 valence electrons. The van der Waals surface area contributed by atoms with Crippen LogP contribution in [-0.4, -0.2) is 28.9 Å². The van der Waals surface area contributed by atoms with Crippen molar-refractivity contribution < 1.29 is 0 Å². The summed E-state index contributed by atoms with van der Waals surface area (Å²) in [5, 5.41) is 0. The van der Waals surface area contributed by atoms with E-state index in [1.54, 1.807) is 6.20 Å². The van der Waals surface area contributed by atoms with Gasteiger partial charge in [-0.2, -0.15) is 0 Å². The maximum absolute atomic E-state index is 5.67. The van der Waals surface area contributed by atoms with Gasteiger partial charge in [-0.05, 0) is 31.1 Å². The zero-order chi connectivity index (χ0) is 10.2. The third-order valence-electron chi connectivity index (χ3n) is 2.18. The molecule has 0 bridgehead atoms. The first-order chi connectivity index (χ1) is 6.86. The van der Waals surface area contributed by atoms with Crippen LogP contribution >= 0.6 is 11.6 Å². The second-order valence-electron chi connectivity index (χ2n) is 3.27. The van der Waals surface area contributed by atoms with Crippen LogP contribution in [0, 0.1) is 0 Å². The predicted octanol–water partition coefficient (Wildman–Crippen LogP) is 2.53. The molecule has 0 aliphatic heterocycles. The Labute approximate surface area is 90.9 Å². The molecule has 1 rings (SSSR count). The first-order valence-corrected chi connectivity index (χ1v) is 5.57. The van der Waals surface area contributed by atoms with Gasteiger partial charge in [0.1, 0.15) is 0 Å². The van der Waals surface area contributed by atoms with Gasteiger partial charge in [0.2, 0.25) is 0 Å². The van der Waals surface area contributed by atoms with E-state index in [1.807, 2.05) is 12.3 Å². The zero-order valence-electron chi connectivity index (χ0n) is 8.62. The van der Waals surface area contributed by atoms with Crippen molar-refractivity contribution in [3.05, 3.63) is 30.1 Å². The van der Waals surface area contributed by atoms with Crippen LogP contribution in [0.25, 0.3) is 0 Å². The number of hydrogen-bond donors (Lipinski definition) is 0. The molecule has 14 heavy (non-hydrogen) atoms. The minimum absolute atomic E-state index is 0.740. The summed E-state index contributed by atoms with van der Waals surface area (Å²) in [6.07, 6.45) is 4.78. The Balaban J connectivity index is 2.40. The molecule has 0 atom stereocenters. The molecule has 1 heterocycles. The Morgan fingerprint density at radius 3 is 2.93 bits per heavy atom. The van der Waals surface area contributed by atoms with Crippen LogP contribution in [0.5, 0.6) is 0 Å². The van der Waals surface area contributed by atoms with Crippen molar-refractivity contribution in [2.24, 2.45) is 0 Å². The van der Waals surface area contributed by atoms with E-state index in [4.69, 9.17) is 11.6 Å². The Morgan fingerprint density at radius 2 is 2.36 bits per heavy atom. The van der Waals surface area contributed by atoms with Crippen LogP contribution in [0.4, 0.5) is 0 Å². The minimum atomic E-state index is 0.740. The average molecular weight is 213 g/mol. The van der Waals surface area contributed by atoms with Crippen LogP contribution in [0.2, 0.25) is 0 Å². The smallest absolute Gasteiger partial charge is 0.0312 e. The molecule has 0 saturated heterocycles. The number of pyridine rings is 1. The van der Waals surface area contributed by atoms with Crippen molar-refractivity contribution in [3.63, 3.8) is 0 Å². The van der Waals surface area contributed by atoms with E-state index in [1.165, 1.54) is 5.56 Å². The second kappa shape index (κ2) is 6.80. The lowest BCUT2D eigenvalue weighted by molar-refractivity contribution is 0.281. The second-order valence-corrected chi connectivity index (χ2v) is 3.65. The lowest BCUT2D eigenvalue weighted by Gasteiger charge is -2.19. The molecule has 1 aromatic heterocycles. The molecule has 0 aliphatic carbocycles. The molecular weight excluding hydrogens is 196 g/mol. The van der Waals surface area contributed by atoms with Gasteiger partial charge in [-0.1, -0.05) is 13.0 Å². The number of nitrogens with zero attached hydrogens (tertiary/aromatic N) is 2. The quantitative estimate of drug-likeness (QED) is 0.674. The van der Waals surface area contributed by atoms with E-state index in [-0.39, 0.29) is 0 Å². The SMILES string of the molecule is CCN(CCCCl)Cc1cccnc1. The summed E-state index contributed by atoms with van der Waals surface area (Å²) in [4.78, 5) is 6.47. The third kappa shape index (κ3) is 4.07. The maximum atomic E-state index is 5.67. The first-order valence-electron chi connectivity index (χ1n) is 5.04. The summed E-state index contributed by atoms with van der Waals surface area (Å²) in [5.41, 5.74) is 1.27. The van der Waals surface area contributed by atoms with Gasteiger partial charge in [-0.25, -0.2) is 0 Å². The molecule has 0 aromatic carbocycles. The summed E-state index contributed by atoms with van der Waals surface area (Å²) in [7, 11) is 0. The topological polar surface area (TPSA) is 16.1 Å². The summed E-state index contributed by atoms with van der Waals surface area (Å²) >= 11 is 5.67. The van der Waals surface area contributed by atoms with Crippen molar-refractivity contribution in [1.82, 2.24) is 9.88 Å². The van der Waals surface area contributed by atoms with Gasteiger partial charge in [0, 0.05) is 24.8 Å². The van der Waals surface area contributed by atoms with E-state index in [0.29, 0.717) is 0 Å². The Kier molecular flexibility index (Phi) is 5.57. The highest BCUT2D eigenvalue weighted by Gasteiger charge is 2.02. The molecule has 0 amide bonds. The van der Waals surface area contributed by atoms with Gasteiger partial charge in [0.05, 0.1) is 0 Å². The fraction of sp³-hybridized carbons (Fsp3) is 0.545. The van der Waals surface area contributed by atoms with Crippen molar-refractivity contribution in [1.29, 1.82) is 0 Å².